The van der Waals surface area contributed by atoms with E-state index >= 15 is 0 Å². The molecule has 9 atom stereocenters. The van der Waals surface area contributed by atoms with Gasteiger partial charge in [0, 0.05) is 0 Å². The maximum Gasteiger partial charge on any atom is 0.249 e. The molecule has 1 aliphatic heterocycles. The molecule has 0 aromatic carbocycles. The van der Waals surface area contributed by atoms with Gasteiger partial charge in [-0.25, -0.2) is 0 Å². The van der Waals surface area contributed by atoms with Gasteiger partial charge < -0.3 is 50.5 Å². The molecule has 0 aromatic heterocycles. The molecule has 11 heteroatoms. The molecule has 0 aromatic rings. The monoisotopic (exact) mass is 1120 g/mol. The lowest BCUT2D eigenvalue weighted by atomic mass is 9.98. The number of hydrogen-bond acceptors (Lipinski definition) is 10. The van der Waals surface area contributed by atoms with Gasteiger partial charge in [0.05, 0.1) is 25.4 Å². The van der Waals surface area contributed by atoms with Gasteiger partial charge in [0.2, 0.25) is 5.91 Å². The van der Waals surface area contributed by atoms with Gasteiger partial charge in [0.25, 0.3) is 0 Å². The fourth-order valence-electron chi connectivity index (χ4n) is 10.7. The molecule has 1 fully saturated rings. The summed E-state index contributed by atoms with van der Waals surface area (Å²) in [7, 11) is 0. The minimum absolute atomic E-state index is 0.246. The standard InChI is InChI=1S/C68H127NO10/c1-3-5-7-9-11-13-15-17-19-21-23-25-26-27-28-29-30-31-32-33-34-35-36-38-40-42-44-46-48-50-52-54-56-61(72)67(77)69-59(58-78-68-66(76)65(75)64(74)62(57-70)79-68)63(73)60(71)55-53-51-49-47-45-43-41-39-37-24-22-20-18-16-14-12-10-8-6-4-2/h23,25,27-28,39,41,47,49,59-66,68,70-76H,3-22,24,26,29-38,40,42-46,48,50-58H2,1-2H3,(H,69,77)/b25-23-,28-27-,41-39+,49-47+. The number of carbonyl (C=O) groups excluding carboxylic acids is 1. The Balaban J connectivity index is 2.22. The summed E-state index contributed by atoms with van der Waals surface area (Å²) in [5, 5.41) is 76.3. The van der Waals surface area contributed by atoms with Crippen molar-refractivity contribution in [3.8, 4) is 0 Å². The van der Waals surface area contributed by atoms with Crippen LogP contribution >= 0.6 is 0 Å². The lowest BCUT2D eigenvalue weighted by molar-refractivity contribution is -0.303. The lowest BCUT2D eigenvalue weighted by Gasteiger charge is -2.40. The Hall–Kier alpha value is -1.93. The van der Waals surface area contributed by atoms with E-state index in [1.165, 1.54) is 218 Å². The van der Waals surface area contributed by atoms with E-state index < -0.39 is 74.2 Å². The van der Waals surface area contributed by atoms with Crippen LogP contribution in [0, 0.1) is 0 Å². The van der Waals surface area contributed by atoms with Crippen LogP contribution in [0.5, 0.6) is 0 Å². The predicted molar refractivity (Wildman–Crippen MR) is 330 cm³/mol. The highest BCUT2D eigenvalue weighted by Crippen LogP contribution is 2.24. The first kappa shape index (κ1) is 75.1. The largest absolute Gasteiger partial charge is 0.394 e. The molecule has 0 radical (unpaired) electrons. The summed E-state index contributed by atoms with van der Waals surface area (Å²) in [6, 6.07) is -1.19. The van der Waals surface area contributed by atoms with Crippen LogP contribution in [0.1, 0.15) is 309 Å². The van der Waals surface area contributed by atoms with E-state index in [1.54, 1.807) is 0 Å². The molecule has 1 rings (SSSR count). The number of unbranched alkanes of at least 4 members (excludes halogenated alkanes) is 38. The molecule has 464 valence electrons. The molecule has 0 aliphatic carbocycles. The second kappa shape index (κ2) is 56.5. The molecule has 1 saturated heterocycles. The second-order valence-corrected chi connectivity index (χ2v) is 23.5. The molecular weight excluding hydrogens is 991 g/mol. The number of ether oxygens (including phenoxy) is 2. The summed E-state index contributed by atoms with van der Waals surface area (Å²) in [4.78, 5) is 13.2. The van der Waals surface area contributed by atoms with Crippen LogP contribution in [0.2, 0.25) is 0 Å². The number of aliphatic hydroxyl groups is 7. The highest BCUT2D eigenvalue weighted by atomic mass is 16.7. The molecule has 0 saturated carbocycles. The van der Waals surface area contributed by atoms with E-state index in [0.29, 0.717) is 19.3 Å². The molecule has 1 amide bonds. The highest BCUT2D eigenvalue weighted by Gasteiger charge is 2.44. The molecule has 8 N–H and O–H groups in total. The highest BCUT2D eigenvalue weighted by molar-refractivity contribution is 5.80. The third kappa shape index (κ3) is 44.3. The molecule has 9 unspecified atom stereocenters. The van der Waals surface area contributed by atoms with E-state index in [9.17, 15) is 40.5 Å². The van der Waals surface area contributed by atoms with Crippen molar-refractivity contribution in [1.82, 2.24) is 5.32 Å². The van der Waals surface area contributed by atoms with Crippen molar-refractivity contribution in [3.63, 3.8) is 0 Å². The Morgan fingerprint density at radius 3 is 1.20 bits per heavy atom. The molecule has 0 bridgehead atoms. The Morgan fingerprint density at radius 2 is 0.797 bits per heavy atom. The molecule has 1 heterocycles. The Labute approximate surface area is 485 Å². The van der Waals surface area contributed by atoms with Gasteiger partial charge in [-0.15, -0.1) is 0 Å². The van der Waals surface area contributed by atoms with E-state index in [1.807, 2.05) is 0 Å². The minimum Gasteiger partial charge on any atom is -0.394 e. The van der Waals surface area contributed by atoms with Crippen LogP contribution in [0.3, 0.4) is 0 Å². The van der Waals surface area contributed by atoms with Crippen molar-refractivity contribution in [3.05, 3.63) is 48.6 Å². The quantitative estimate of drug-likeness (QED) is 0.0215. The first-order valence-electron chi connectivity index (χ1n) is 33.5. The summed E-state index contributed by atoms with van der Waals surface area (Å²) in [5.41, 5.74) is 0. The van der Waals surface area contributed by atoms with Gasteiger partial charge >= 0.3 is 0 Å². The van der Waals surface area contributed by atoms with Crippen molar-refractivity contribution >= 4 is 5.91 Å². The van der Waals surface area contributed by atoms with E-state index in [-0.39, 0.29) is 12.8 Å². The second-order valence-electron chi connectivity index (χ2n) is 23.5. The summed E-state index contributed by atoms with van der Waals surface area (Å²) in [6.45, 7) is 3.47. The van der Waals surface area contributed by atoms with Crippen molar-refractivity contribution in [2.24, 2.45) is 0 Å². The summed E-state index contributed by atoms with van der Waals surface area (Å²) in [6.07, 6.45) is 61.9. The van der Waals surface area contributed by atoms with Gasteiger partial charge in [-0.2, -0.15) is 0 Å². The molecule has 79 heavy (non-hydrogen) atoms. The number of rotatable bonds is 58. The normalized spacial score (nSPS) is 19.6. The molecule has 1 aliphatic rings. The zero-order chi connectivity index (χ0) is 57.5. The third-order valence-corrected chi connectivity index (χ3v) is 16.1. The number of nitrogens with one attached hydrogen (secondary N) is 1. The van der Waals surface area contributed by atoms with E-state index in [4.69, 9.17) is 9.47 Å². The number of allylic oxidation sites excluding steroid dienone is 8. The summed E-state index contributed by atoms with van der Waals surface area (Å²) in [5.74, 6) is -0.707. The minimum atomic E-state index is -1.67. The lowest BCUT2D eigenvalue weighted by Crippen LogP contribution is -2.60. The first-order chi connectivity index (χ1) is 38.7. The van der Waals surface area contributed by atoms with E-state index in [2.05, 4.69) is 67.8 Å². The molecular formula is C68H127NO10. The van der Waals surface area contributed by atoms with Crippen molar-refractivity contribution in [2.45, 2.75) is 364 Å². The van der Waals surface area contributed by atoms with Gasteiger partial charge in [0.15, 0.2) is 6.29 Å². The van der Waals surface area contributed by atoms with Crippen LogP contribution in [-0.4, -0.2) is 110 Å². The number of aliphatic hydroxyl groups excluding tert-OH is 7. The van der Waals surface area contributed by atoms with Gasteiger partial charge in [-0.05, 0) is 83.5 Å². The van der Waals surface area contributed by atoms with Gasteiger partial charge in [-0.1, -0.05) is 274 Å². The summed E-state index contributed by atoms with van der Waals surface area (Å²) < 4.78 is 11.2. The van der Waals surface area contributed by atoms with Crippen LogP contribution in [0.15, 0.2) is 48.6 Å². The van der Waals surface area contributed by atoms with Crippen molar-refractivity contribution in [1.29, 1.82) is 0 Å². The maximum atomic E-state index is 13.2. The van der Waals surface area contributed by atoms with Crippen LogP contribution in [0.4, 0.5) is 0 Å². The Bertz CT molecular complexity index is 1420. The zero-order valence-electron chi connectivity index (χ0n) is 51.1. The Morgan fingerprint density at radius 1 is 0.443 bits per heavy atom. The van der Waals surface area contributed by atoms with Gasteiger partial charge in [-0.3, -0.25) is 4.79 Å². The zero-order valence-corrected chi connectivity index (χ0v) is 51.1. The molecule has 0 spiro atoms. The third-order valence-electron chi connectivity index (χ3n) is 16.1. The number of carbonyl (C=O) groups is 1. The average molecular weight is 1120 g/mol. The number of amides is 1. The summed E-state index contributed by atoms with van der Waals surface area (Å²) >= 11 is 0. The molecule has 11 nitrogen and oxygen atoms in total. The van der Waals surface area contributed by atoms with Crippen molar-refractivity contribution < 1.29 is 50.0 Å². The fraction of sp³-hybridized carbons (Fsp3) is 0.868. The SMILES string of the molecule is CCCCCCCCCCC/C=C\C/C=C\CCCCCCCCCCCCCCCCCCC(O)C(=O)NC(COC1OC(CO)C(O)C(O)C1O)C(O)C(O)CCC/C=C/CC/C=C/CCCCCCCCCCCCC. The van der Waals surface area contributed by atoms with E-state index in [0.717, 1.165) is 44.9 Å². The van der Waals surface area contributed by atoms with Crippen molar-refractivity contribution in [2.75, 3.05) is 13.2 Å². The Kier molecular flexibility index (Phi) is 53.7. The smallest absolute Gasteiger partial charge is 0.249 e. The predicted octanol–water partition coefficient (Wildman–Crippen LogP) is 15.6. The fourth-order valence-corrected chi connectivity index (χ4v) is 10.7. The van der Waals surface area contributed by atoms with Crippen LogP contribution in [0.25, 0.3) is 0 Å². The topological polar surface area (TPSA) is 189 Å². The van der Waals surface area contributed by atoms with Crippen LogP contribution in [-0.2, 0) is 14.3 Å². The first-order valence-corrected chi connectivity index (χ1v) is 33.5. The van der Waals surface area contributed by atoms with Crippen LogP contribution < -0.4 is 5.32 Å². The maximum absolute atomic E-state index is 13.2. The van der Waals surface area contributed by atoms with Gasteiger partial charge in [0.1, 0.15) is 36.6 Å². The average Bonchev–Trinajstić information content (AvgIpc) is 3.46. The number of hydrogen-bond donors (Lipinski definition) is 8.